The summed E-state index contributed by atoms with van der Waals surface area (Å²) in [4.78, 5) is 32.7. The second kappa shape index (κ2) is 26.9. The van der Waals surface area contributed by atoms with E-state index >= 15 is 0 Å². The van der Waals surface area contributed by atoms with E-state index in [0.29, 0.717) is 0 Å². The predicted molar refractivity (Wildman–Crippen MR) is 139 cm³/mol. The van der Waals surface area contributed by atoms with Gasteiger partial charge in [0.25, 0.3) is 0 Å². The molecule has 0 heterocycles. The van der Waals surface area contributed by atoms with Crippen molar-refractivity contribution in [3.05, 3.63) is 42.8 Å². The molecule has 0 aliphatic carbocycles. The van der Waals surface area contributed by atoms with E-state index < -0.39 is 34.5 Å². The quantitative estimate of drug-likeness (QED) is 0.0853. The summed E-state index contributed by atoms with van der Waals surface area (Å²) in [6, 6.07) is 7.61. The van der Waals surface area contributed by atoms with E-state index in [0.717, 1.165) is 12.0 Å². The Balaban J connectivity index is -0.000000579. The van der Waals surface area contributed by atoms with E-state index in [4.69, 9.17) is 32.5 Å². The molecule has 0 saturated heterocycles. The Morgan fingerprint density at radius 2 is 1.39 bits per heavy atom. The number of hydrogen-bond donors (Lipinski definition) is 5. The van der Waals surface area contributed by atoms with Crippen molar-refractivity contribution in [2.45, 2.75) is 96.6 Å². The van der Waals surface area contributed by atoms with Gasteiger partial charge in [-0.15, -0.1) is 0 Å². The molecule has 214 valence electrons. The molecule has 1 amide bonds. The third-order valence-electron chi connectivity index (χ3n) is 4.80. The van der Waals surface area contributed by atoms with Crippen molar-refractivity contribution in [3.8, 4) is 0 Å². The number of rotatable bonds is 16. The summed E-state index contributed by atoms with van der Waals surface area (Å²) in [7, 11) is -4.67. The molecular formula is C25H42NNaO10S. The summed E-state index contributed by atoms with van der Waals surface area (Å²) in [5, 5.41) is 19.5. The molecule has 11 nitrogen and oxygen atoms in total. The van der Waals surface area contributed by atoms with Crippen LogP contribution in [0.3, 0.4) is 0 Å². The van der Waals surface area contributed by atoms with Crippen molar-refractivity contribution >= 4 is 28.4 Å². The van der Waals surface area contributed by atoms with Gasteiger partial charge in [0, 0.05) is 6.42 Å². The average Bonchev–Trinajstić information content (AvgIpc) is 2.82. The summed E-state index contributed by atoms with van der Waals surface area (Å²) in [5.41, 5.74) is 0.764. The zero-order valence-electron chi connectivity index (χ0n) is 22.5. The molecular weight excluding hydrogens is 529 g/mol. The molecule has 0 aliphatic rings. The average molecular weight is 572 g/mol. The molecule has 1 rings (SSSR count). The third kappa shape index (κ3) is 34.3. The molecule has 38 heavy (non-hydrogen) atoms. The first-order chi connectivity index (χ1) is 17.4. The number of ether oxygens (including phenoxy) is 1. The maximum absolute atomic E-state index is 11.4. The first-order valence-corrected chi connectivity index (χ1v) is 13.7. The van der Waals surface area contributed by atoms with Gasteiger partial charge in [-0.1, -0.05) is 95.0 Å². The number of unbranched alkanes of at least 4 members (excludes halogenated alkanes) is 9. The van der Waals surface area contributed by atoms with Crippen LogP contribution in [0.25, 0.3) is 0 Å². The van der Waals surface area contributed by atoms with Gasteiger partial charge in [-0.3, -0.25) is 13.9 Å². The molecule has 0 aliphatic heterocycles. The molecule has 1 aromatic carbocycles. The van der Waals surface area contributed by atoms with Gasteiger partial charge in [0.05, 0.1) is 0 Å². The summed E-state index contributed by atoms with van der Waals surface area (Å²) in [5.74, 6) is -2.43. The number of carbonyl (C=O) groups is 3. The third-order valence-corrected chi connectivity index (χ3v) is 4.80. The van der Waals surface area contributed by atoms with Crippen molar-refractivity contribution in [1.82, 2.24) is 5.32 Å². The van der Waals surface area contributed by atoms with Crippen LogP contribution >= 0.6 is 0 Å². The number of nitrogens with one attached hydrogen (secondary N) is 1. The fraction of sp³-hybridized carbons (Fsp3) is 0.600. The summed E-state index contributed by atoms with van der Waals surface area (Å²) >= 11 is 0. The van der Waals surface area contributed by atoms with E-state index in [-0.39, 0.29) is 49.0 Å². The normalized spacial score (nSPS) is 10.8. The number of carbonyl (C=O) groups excluding carboxylic acids is 1. The minimum Gasteiger partial charge on any atom is -0.481 e. The van der Waals surface area contributed by atoms with E-state index in [1.165, 1.54) is 57.8 Å². The summed E-state index contributed by atoms with van der Waals surface area (Å²) < 4.78 is 36.4. The van der Waals surface area contributed by atoms with Crippen LogP contribution in [0.15, 0.2) is 30.3 Å². The molecule has 1 aromatic rings. The van der Waals surface area contributed by atoms with E-state index in [1.54, 1.807) is 24.3 Å². The van der Waals surface area contributed by atoms with Crippen LogP contribution in [0.1, 0.15) is 89.5 Å². The second-order valence-electron chi connectivity index (χ2n) is 8.16. The van der Waals surface area contributed by atoms with Gasteiger partial charge in [-0.05, 0) is 12.0 Å². The van der Waals surface area contributed by atoms with Crippen LogP contribution in [-0.4, -0.2) is 51.8 Å². The molecule has 5 N–H and O–H groups in total. The maximum atomic E-state index is 11.4. The maximum Gasteiger partial charge on any atom is 1.00 e. The topological polar surface area (TPSA) is 188 Å². The summed E-state index contributed by atoms with van der Waals surface area (Å²) in [6.07, 6.45) is 12.4. The smallest absolute Gasteiger partial charge is 0.481 e. The molecule has 0 saturated carbocycles. The van der Waals surface area contributed by atoms with Crippen molar-refractivity contribution in [2.24, 2.45) is 0 Å². The Labute approximate surface area is 248 Å². The molecule has 1 atom stereocenters. The Morgan fingerprint density at radius 3 is 1.82 bits per heavy atom. The van der Waals surface area contributed by atoms with Crippen LogP contribution in [0.2, 0.25) is 0 Å². The molecule has 0 spiro atoms. The van der Waals surface area contributed by atoms with Crippen LogP contribution < -0.4 is 34.9 Å². The molecule has 13 heteroatoms. The number of amides is 1. The molecule has 0 fully saturated rings. The van der Waals surface area contributed by atoms with Gasteiger partial charge in [-0.2, -0.15) is 14.8 Å². The largest absolute Gasteiger partial charge is 1.00 e. The van der Waals surface area contributed by atoms with E-state index in [9.17, 15) is 14.4 Å². The molecule has 0 radical (unpaired) electrons. The Hall–Kier alpha value is -1.70. The Bertz CT molecular complexity index is 820. The number of carboxylic acid groups (broad SMARTS) is 2. The fourth-order valence-corrected chi connectivity index (χ4v) is 2.92. The van der Waals surface area contributed by atoms with Crippen LogP contribution in [-0.2, 0) is 31.3 Å². The van der Waals surface area contributed by atoms with Crippen LogP contribution in [0.4, 0.5) is 4.79 Å². The van der Waals surface area contributed by atoms with Crippen molar-refractivity contribution in [2.75, 3.05) is 0 Å². The first kappa shape index (κ1) is 40.8. The van der Waals surface area contributed by atoms with Crippen molar-refractivity contribution in [1.29, 1.82) is 0 Å². The van der Waals surface area contributed by atoms with Crippen molar-refractivity contribution < 1.29 is 76.4 Å². The van der Waals surface area contributed by atoms with Gasteiger partial charge in [0.2, 0.25) is 0 Å². The molecule has 0 bridgehead atoms. The summed E-state index contributed by atoms with van der Waals surface area (Å²) in [6.45, 7) is 6.13. The zero-order chi connectivity index (χ0) is 28.5. The SMILES string of the molecule is O=C(O)CCC(NC(=O)OCc1ccccc1)C(=O)O.O=S(=O)(O)O.[CH2-]CCCCCCCCCCC.[Na+]. The first-order valence-electron chi connectivity index (χ1n) is 12.3. The number of carboxylic acids is 2. The van der Waals surface area contributed by atoms with Gasteiger partial charge in [0.15, 0.2) is 0 Å². The number of hydrogen-bond acceptors (Lipinski definition) is 6. The number of alkyl carbamates (subject to hydrolysis) is 1. The number of benzene rings is 1. The predicted octanol–water partition coefficient (Wildman–Crippen LogP) is 2.32. The zero-order valence-corrected chi connectivity index (χ0v) is 25.3. The van der Waals surface area contributed by atoms with Gasteiger partial charge >= 0.3 is 58.0 Å². The minimum absolute atomic E-state index is 0. The van der Waals surface area contributed by atoms with Gasteiger partial charge in [-0.25, -0.2) is 9.59 Å². The van der Waals surface area contributed by atoms with Crippen LogP contribution in [0.5, 0.6) is 0 Å². The Morgan fingerprint density at radius 1 is 0.921 bits per heavy atom. The van der Waals surface area contributed by atoms with E-state index in [1.807, 2.05) is 6.07 Å². The Kier molecular flexibility index (Phi) is 28.9. The van der Waals surface area contributed by atoms with Crippen LogP contribution in [0, 0.1) is 6.92 Å². The monoisotopic (exact) mass is 571 g/mol. The van der Waals surface area contributed by atoms with Crippen molar-refractivity contribution in [3.63, 3.8) is 0 Å². The number of aliphatic carboxylic acids is 2. The fourth-order valence-electron chi connectivity index (χ4n) is 2.92. The van der Waals surface area contributed by atoms with E-state index in [2.05, 4.69) is 19.2 Å². The van der Waals surface area contributed by atoms with Gasteiger partial charge < -0.3 is 27.2 Å². The molecule has 1 unspecified atom stereocenters. The second-order valence-corrected chi connectivity index (χ2v) is 9.05. The van der Waals surface area contributed by atoms with Gasteiger partial charge in [0.1, 0.15) is 12.6 Å². The molecule has 0 aromatic heterocycles. The standard InChI is InChI=1S/C13H15NO6.C12H25.Na.H2O4S/c15-11(16)7-6-10(12(17)18)14-13(19)20-8-9-4-2-1-3-5-9;1-3-5-7-9-11-12-10-8-6-4-2;;1-5(2,3)4/h1-5,10H,6-8H2,(H,14,19)(H,15,16)(H,17,18);1,3-12H2,2H3;;(H2,1,2,3,4)/q;-1;+1;. The minimum atomic E-state index is -4.67.